The number of nitrogens with one attached hydrogen (secondary N) is 1. The third-order valence-corrected chi connectivity index (χ3v) is 3.61. The molecule has 2 atom stereocenters. The molecule has 0 spiro atoms. The lowest BCUT2D eigenvalue weighted by Gasteiger charge is -2.33. The zero-order chi connectivity index (χ0) is 13.8. The van der Waals surface area contributed by atoms with E-state index in [1.165, 1.54) is 0 Å². The summed E-state index contributed by atoms with van der Waals surface area (Å²) < 4.78 is 10.8. The molecule has 2 N–H and O–H groups in total. The highest BCUT2D eigenvalue weighted by Crippen LogP contribution is 2.30. The number of methoxy groups -OCH3 is 1. The molecule has 1 saturated heterocycles. The maximum Gasteiger partial charge on any atom is 0.160 e. The van der Waals surface area contributed by atoms with E-state index in [4.69, 9.17) is 9.47 Å². The van der Waals surface area contributed by atoms with Crippen molar-refractivity contribution in [2.75, 3.05) is 19.0 Å². The van der Waals surface area contributed by atoms with Gasteiger partial charge >= 0.3 is 0 Å². The van der Waals surface area contributed by atoms with Gasteiger partial charge in [-0.3, -0.25) is 0 Å². The van der Waals surface area contributed by atoms with Crippen LogP contribution in [0.2, 0.25) is 0 Å². The van der Waals surface area contributed by atoms with E-state index in [1.807, 2.05) is 6.07 Å². The van der Waals surface area contributed by atoms with Gasteiger partial charge in [-0.1, -0.05) is 13.8 Å². The molecule has 0 aromatic heterocycles. The van der Waals surface area contributed by atoms with Crippen molar-refractivity contribution in [2.45, 2.75) is 38.8 Å². The number of benzene rings is 1. The van der Waals surface area contributed by atoms with Crippen molar-refractivity contribution in [1.82, 2.24) is 0 Å². The normalized spacial score (nSPS) is 23.4. The Balaban J connectivity index is 1.98. The van der Waals surface area contributed by atoms with Crippen LogP contribution in [-0.2, 0) is 4.74 Å². The second-order valence-corrected chi connectivity index (χ2v) is 5.41. The maximum absolute atomic E-state index is 9.77. The number of phenolic OH excluding ortho intramolecular Hbond substituents is 1. The number of hydrogen-bond donors (Lipinski definition) is 2. The summed E-state index contributed by atoms with van der Waals surface area (Å²) in [4.78, 5) is 0. The number of ether oxygens (including phenoxy) is 2. The fourth-order valence-corrected chi connectivity index (χ4v) is 2.44. The first kappa shape index (κ1) is 14.0. The average molecular weight is 265 g/mol. The van der Waals surface area contributed by atoms with E-state index >= 15 is 0 Å². The van der Waals surface area contributed by atoms with Crippen molar-refractivity contribution in [3.63, 3.8) is 0 Å². The number of phenols is 1. The van der Waals surface area contributed by atoms with Gasteiger partial charge in [-0.2, -0.15) is 0 Å². The molecule has 0 radical (unpaired) electrons. The molecule has 0 bridgehead atoms. The van der Waals surface area contributed by atoms with Crippen LogP contribution in [0.3, 0.4) is 0 Å². The lowest BCUT2D eigenvalue weighted by Crippen LogP contribution is -2.36. The Labute approximate surface area is 114 Å². The van der Waals surface area contributed by atoms with Crippen LogP contribution in [0.15, 0.2) is 18.2 Å². The highest BCUT2D eigenvalue weighted by molar-refractivity contribution is 5.54. The molecule has 0 amide bonds. The SMILES string of the molecule is COc1ccc(NC2CCOC(C(C)C)C2)cc1O. The average Bonchev–Trinajstić information content (AvgIpc) is 2.39. The highest BCUT2D eigenvalue weighted by Gasteiger charge is 2.24. The Kier molecular flexibility index (Phi) is 4.53. The van der Waals surface area contributed by atoms with E-state index in [9.17, 15) is 5.11 Å². The van der Waals surface area contributed by atoms with Crippen LogP contribution in [0.4, 0.5) is 5.69 Å². The minimum atomic E-state index is 0.167. The second-order valence-electron chi connectivity index (χ2n) is 5.41. The van der Waals surface area contributed by atoms with Crippen LogP contribution in [0.1, 0.15) is 26.7 Å². The lowest BCUT2D eigenvalue weighted by molar-refractivity contribution is -0.0160. The van der Waals surface area contributed by atoms with E-state index in [1.54, 1.807) is 19.2 Å². The van der Waals surface area contributed by atoms with E-state index < -0.39 is 0 Å². The first-order valence-corrected chi connectivity index (χ1v) is 6.85. The van der Waals surface area contributed by atoms with Crippen LogP contribution in [0.5, 0.6) is 11.5 Å². The highest BCUT2D eigenvalue weighted by atomic mass is 16.5. The summed E-state index contributed by atoms with van der Waals surface area (Å²) in [6.07, 6.45) is 2.32. The Morgan fingerprint density at radius 3 is 2.84 bits per heavy atom. The van der Waals surface area contributed by atoms with Crippen LogP contribution < -0.4 is 10.1 Å². The Hall–Kier alpha value is -1.42. The topological polar surface area (TPSA) is 50.7 Å². The summed E-state index contributed by atoms with van der Waals surface area (Å²) in [6.45, 7) is 5.17. The van der Waals surface area contributed by atoms with Crippen molar-refractivity contribution in [3.8, 4) is 11.5 Å². The third-order valence-electron chi connectivity index (χ3n) is 3.61. The smallest absolute Gasteiger partial charge is 0.160 e. The molecule has 1 heterocycles. The summed E-state index contributed by atoms with van der Waals surface area (Å²) in [5.41, 5.74) is 0.924. The van der Waals surface area contributed by atoms with Crippen LogP contribution in [-0.4, -0.2) is 31.0 Å². The molecule has 4 heteroatoms. The van der Waals surface area contributed by atoms with Gasteiger partial charge in [0.1, 0.15) is 0 Å². The van der Waals surface area contributed by atoms with Crippen molar-refractivity contribution in [3.05, 3.63) is 18.2 Å². The van der Waals surface area contributed by atoms with Gasteiger partial charge < -0.3 is 19.9 Å². The Morgan fingerprint density at radius 2 is 2.21 bits per heavy atom. The van der Waals surface area contributed by atoms with Crippen LogP contribution >= 0.6 is 0 Å². The Bertz CT molecular complexity index is 420. The molecule has 0 aliphatic carbocycles. The predicted molar refractivity (Wildman–Crippen MR) is 75.9 cm³/mol. The summed E-state index contributed by atoms with van der Waals surface area (Å²) >= 11 is 0. The van der Waals surface area contributed by atoms with Crippen molar-refractivity contribution < 1.29 is 14.6 Å². The summed E-state index contributed by atoms with van der Waals surface area (Å²) in [6, 6.07) is 5.81. The molecule has 1 aliphatic heterocycles. The molecule has 19 heavy (non-hydrogen) atoms. The van der Waals surface area contributed by atoms with Crippen LogP contribution in [0.25, 0.3) is 0 Å². The molecule has 2 unspecified atom stereocenters. The first-order valence-electron chi connectivity index (χ1n) is 6.85. The van der Waals surface area contributed by atoms with Gasteiger partial charge in [-0.05, 0) is 30.9 Å². The zero-order valence-electron chi connectivity index (χ0n) is 11.8. The molecular formula is C15H23NO3. The molecule has 2 rings (SSSR count). The fourth-order valence-electron chi connectivity index (χ4n) is 2.44. The van der Waals surface area contributed by atoms with Crippen molar-refractivity contribution in [1.29, 1.82) is 0 Å². The Morgan fingerprint density at radius 1 is 1.42 bits per heavy atom. The van der Waals surface area contributed by atoms with Gasteiger partial charge in [0, 0.05) is 24.4 Å². The van der Waals surface area contributed by atoms with Gasteiger partial charge in [-0.25, -0.2) is 0 Å². The predicted octanol–water partition coefficient (Wildman–Crippen LogP) is 3.02. The van der Waals surface area contributed by atoms with Gasteiger partial charge in [0.25, 0.3) is 0 Å². The van der Waals surface area contributed by atoms with Crippen molar-refractivity contribution in [2.24, 2.45) is 5.92 Å². The molecule has 1 aromatic rings. The molecule has 0 saturated carbocycles. The number of anilines is 1. The molecule has 1 aromatic carbocycles. The van der Waals surface area contributed by atoms with Gasteiger partial charge in [-0.15, -0.1) is 0 Å². The maximum atomic E-state index is 9.77. The minimum Gasteiger partial charge on any atom is -0.504 e. The monoisotopic (exact) mass is 265 g/mol. The second kappa shape index (κ2) is 6.15. The van der Waals surface area contributed by atoms with E-state index in [0.717, 1.165) is 25.1 Å². The number of rotatable bonds is 4. The van der Waals surface area contributed by atoms with E-state index in [2.05, 4.69) is 19.2 Å². The number of aromatic hydroxyl groups is 1. The van der Waals surface area contributed by atoms with Gasteiger partial charge in [0.15, 0.2) is 11.5 Å². The van der Waals surface area contributed by atoms with Gasteiger partial charge in [0.05, 0.1) is 13.2 Å². The molecule has 4 nitrogen and oxygen atoms in total. The largest absolute Gasteiger partial charge is 0.504 e. The van der Waals surface area contributed by atoms with Gasteiger partial charge in [0.2, 0.25) is 0 Å². The van der Waals surface area contributed by atoms with Crippen molar-refractivity contribution >= 4 is 5.69 Å². The number of hydrogen-bond acceptors (Lipinski definition) is 4. The molecule has 1 aliphatic rings. The quantitative estimate of drug-likeness (QED) is 0.878. The molecule has 1 fully saturated rings. The van der Waals surface area contributed by atoms with E-state index in [-0.39, 0.29) is 5.75 Å². The third kappa shape index (κ3) is 3.53. The standard InChI is InChI=1S/C15H23NO3/c1-10(2)15-9-12(6-7-19-15)16-11-4-5-14(18-3)13(17)8-11/h4-5,8,10,12,15-17H,6-7,9H2,1-3H3. The first-order chi connectivity index (χ1) is 9.10. The summed E-state index contributed by atoms with van der Waals surface area (Å²) in [5.74, 6) is 1.20. The molecule has 106 valence electrons. The molecular weight excluding hydrogens is 242 g/mol. The zero-order valence-corrected chi connectivity index (χ0v) is 11.8. The summed E-state index contributed by atoms with van der Waals surface area (Å²) in [7, 11) is 1.55. The minimum absolute atomic E-state index is 0.167. The van der Waals surface area contributed by atoms with E-state index in [0.29, 0.717) is 23.8 Å². The fraction of sp³-hybridized carbons (Fsp3) is 0.600. The summed E-state index contributed by atoms with van der Waals surface area (Å²) in [5, 5.41) is 13.2. The van der Waals surface area contributed by atoms with Crippen LogP contribution in [0, 0.1) is 5.92 Å². The lowest BCUT2D eigenvalue weighted by atomic mass is 9.95.